The van der Waals surface area contributed by atoms with E-state index in [1.807, 2.05) is 39.0 Å². The van der Waals surface area contributed by atoms with E-state index in [2.05, 4.69) is 0 Å². The largest absolute Gasteiger partial charge is 0.426 e. The normalized spacial score (nSPS) is 10.2. The Morgan fingerprint density at radius 1 is 1.14 bits per heavy atom. The van der Waals surface area contributed by atoms with Crippen molar-refractivity contribution in [3.05, 3.63) is 30.3 Å². The summed E-state index contributed by atoms with van der Waals surface area (Å²) in [6.07, 6.45) is 0. The third kappa shape index (κ3) is 4.01. The van der Waals surface area contributed by atoms with Crippen LogP contribution in [-0.2, 0) is 24.3 Å². The van der Waals surface area contributed by atoms with E-state index < -0.39 is 5.41 Å². The molecule has 0 amide bonds. The van der Waals surface area contributed by atoms with Crippen molar-refractivity contribution in [2.75, 3.05) is 0 Å². The van der Waals surface area contributed by atoms with E-state index in [9.17, 15) is 4.79 Å². The molecule has 0 fully saturated rings. The molecule has 2 nitrogen and oxygen atoms in total. The molecular weight excluding hydrogens is 230 g/mol. The van der Waals surface area contributed by atoms with Gasteiger partial charge in [-0.15, -0.1) is 0 Å². The zero-order valence-corrected chi connectivity index (χ0v) is 11.9. The molecule has 1 aromatic rings. The van der Waals surface area contributed by atoms with Crippen LogP contribution < -0.4 is 4.74 Å². The number of carbonyl (C=O) groups excluding carboxylic acids is 1. The molecule has 1 rings (SSSR count). The second-order valence-corrected chi connectivity index (χ2v) is 3.95. The predicted octanol–water partition coefficient (Wildman–Crippen LogP) is 2.64. The first kappa shape index (κ1) is 13.3. The summed E-state index contributed by atoms with van der Waals surface area (Å²) >= 11 is 0. The molecule has 1 aromatic carbocycles. The summed E-state index contributed by atoms with van der Waals surface area (Å²) < 4.78 is 5.14. The molecule has 0 aliphatic carbocycles. The number of para-hydroxylation sites is 1. The number of rotatable bonds is 1. The van der Waals surface area contributed by atoms with Gasteiger partial charge < -0.3 is 4.74 Å². The Balaban J connectivity index is 0.00000169. The molecule has 0 atom stereocenters. The SMILES string of the molecule is CC(C)(C)C(=O)Oc1ccccc1.[Zn]. The Bertz CT molecular complexity index is 288. The second kappa shape index (κ2) is 5.26. The minimum absolute atomic E-state index is 0. The summed E-state index contributed by atoms with van der Waals surface area (Å²) in [6.45, 7) is 5.49. The van der Waals surface area contributed by atoms with Gasteiger partial charge >= 0.3 is 5.97 Å². The Morgan fingerprint density at radius 3 is 2.07 bits per heavy atom. The summed E-state index contributed by atoms with van der Waals surface area (Å²) in [5, 5.41) is 0. The van der Waals surface area contributed by atoms with Gasteiger partial charge in [0.25, 0.3) is 0 Å². The fraction of sp³-hybridized carbons (Fsp3) is 0.364. The number of esters is 1. The van der Waals surface area contributed by atoms with E-state index >= 15 is 0 Å². The van der Waals surface area contributed by atoms with Gasteiger partial charge in [-0.2, -0.15) is 0 Å². The van der Waals surface area contributed by atoms with E-state index in [0.29, 0.717) is 5.75 Å². The van der Waals surface area contributed by atoms with Crippen LogP contribution in [0, 0.1) is 5.41 Å². The number of benzene rings is 1. The molecule has 0 aliphatic rings. The number of carbonyl (C=O) groups is 1. The Kier molecular flexibility index (Phi) is 5.00. The van der Waals surface area contributed by atoms with Crippen molar-refractivity contribution in [3.8, 4) is 5.75 Å². The maximum atomic E-state index is 11.4. The van der Waals surface area contributed by atoms with Crippen LogP contribution in [0.15, 0.2) is 30.3 Å². The third-order valence-corrected chi connectivity index (χ3v) is 1.57. The zero-order valence-electron chi connectivity index (χ0n) is 8.91. The van der Waals surface area contributed by atoms with Crippen molar-refractivity contribution >= 4 is 5.97 Å². The molecule has 0 aliphatic heterocycles. The van der Waals surface area contributed by atoms with E-state index in [0.717, 1.165) is 0 Å². The van der Waals surface area contributed by atoms with Gasteiger partial charge in [0, 0.05) is 19.5 Å². The second-order valence-electron chi connectivity index (χ2n) is 3.95. The van der Waals surface area contributed by atoms with Crippen LogP contribution >= 0.6 is 0 Å². The zero-order chi connectivity index (χ0) is 9.90. The van der Waals surface area contributed by atoms with E-state index in [4.69, 9.17) is 4.74 Å². The molecule has 0 radical (unpaired) electrons. The topological polar surface area (TPSA) is 26.3 Å². The number of hydrogen-bond acceptors (Lipinski definition) is 2. The minimum atomic E-state index is -0.449. The van der Waals surface area contributed by atoms with Gasteiger partial charge in [-0.25, -0.2) is 0 Å². The smallest absolute Gasteiger partial charge is 0.316 e. The molecule has 0 saturated carbocycles. The van der Waals surface area contributed by atoms with Gasteiger partial charge in [0.15, 0.2) is 0 Å². The first-order chi connectivity index (χ1) is 6.00. The summed E-state index contributed by atoms with van der Waals surface area (Å²) in [5.41, 5.74) is -0.449. The van der Waals surface area contributed by atoms with Crippen LogP contribution in [0.2, 0.25) is 0 Å². The average Bonchev–Trinajstić information content (AvgIpc) is 2.04. The Morgan fingerprint density at radius 2 is 1.64 bits per heavy atom. The van der Waals surface area contributed by atoms with Gasteiger partial charge in [0.2, 0.25) is 0 Å². The summed E-state index contributed by atoms with van der Waals surface area (Å²) in [7, 11) is 0. The summed E-state index contributed by atoms with van der Waals surface area (Å²) in [6, 6.07) is 9.10. The van der Waals surface area contributed by atoms with Gasteiger partial charge in [-0.3, -0.25) is 4.79 Å². The van der Waals surface area contributed by atoms with Gasteiger partial charge in [0.05, 0.1) is 5.41 Å². The van der Waals surface area contributed by atoms with E-state index in [1.54, 1.807) is 12.1 Å². The van der Waals surface area contributed by atoms with Crippen LogP contribution in [0.25, 0.3) is 0 Å². The quantitative estimate of drug-likeness (QED) is 0.431. The standard InChI is InChI=1S/C11H14O2.Zn/c1-11(2,3)10(12)13-9-7-5-4-6-8-9;/h4-8H,1-3H3;. The molecule has 3 heteroatoms. The molecule has 0 N–H and O–H groups in total. The third-order valence-electron chi connectivity index (χ3n) is 1.57. The molecule has 0 aromatic heterocycles. The van der Waals surface area contributed by atoms with Crippen LogP contribution in [0.1, 0.15) is 20.8 Å². The fourth-order valence-electron chi connectivity index (χ4n) is 0.749. The van der Waals surface area contributed by atoms with Crippen LogP contribution in [0.5, 0.6) is 5.75 Å². The van der Waals surface area contributed by atoms with Crippen molar-refractivity contribution in [1.29, 1.82) is 0 Å². The van der Waals surface area contributed by atoms with Crippen molar-refractivity contribution in [3.63, 3.8) is 0 Å². The van der Waals surface area contributed by atoms with Gasteiger partial charge in [-0.05, 0) is 32.9 Å². The van der Waals surface area contributed by atoms with Gasteiger partial charge in [-0.1, -0.05) is 18.2 Å². The van der Waals surface area contributed by atoms with Crippen molar-refractivity contribution in [2.24, 2.45) is 5.41 Å². The Hall–Kier alpha value is -0.687. The molecule has 0 bridgehead atoms. The fourth-order valence-corrected chi connectivity index (χ4v) is 0.749. The maximum Gasteiger partial charge on any atom is 0.316 e. The first-order valence-corrected chi connectivity index (χ1v) is 4.27. The summed E-state index contributed by atoms with van der Waals surface area (Å²) in [4.78, 5) is 11.4. The molecule has 0 saturated heterocycles. The number of ether oxygens (including phenoxy) is 1. The maximum absolute atomic E-state index is 11.4. The minimum Gasteiger partial charge on any atom is -0.426 e. The molecule has 0 spiro atoms. The predicted molar refractivity (Wildman–Crippen MR) is 51.5 cm³/mol. The summed E-state index contributed by atoms with van der Waals surface area (Å²) in [5.74, 6) is 0.390. The molecule has 0 unspecified atom stereocenters. The molecular formula is C11H14O2Zn. The average molecular weight is 244 g/mol. The van der Waals surface area contributed by atoms with E-state index in [-0.39, 0.29) is 25.4 Å². The van der Waals surface area contributed by atoms with Crippen LogP contribution in [-0.4, -0.2) is 5.97 Å². The van der Waals surface area contributed by atoms with Crippen molar-refractivity contribution in [2.45, 2.75) is 20.8 Å². The first-order valence-electron chi connectivity index (χ1n) is 4.27. The van der Waals surface area contributed by atoms with Crippen molar-refractivity contribution in [1.82, 2.24) is 0 Å². The molecule has 14 heavy (non-hydrogen) atoms. The van der Waals surface area contributed by atoms with Gasteiger partial charge in [0.1, 0.15) is 5.75 Å². The molecule has 72 valence electrons. The Labute approximate surface area is 97.4 Å². The van der Waals surface area contributed by atoms with E-state index in [1.165, 1.54) is 0 Å². The van der Waals surface area contributed by atoms with Crippen molar-refractivity contribution < 1.29 is 29.0 Å². The monoisotopic (exact) mass is 242 g/mol. The van der Waals surface area contributed by atoms with Crippen LogP contribution in [0.3, 0.4) is 0 Å². The molecule has 0 heterocycles. The number of hydrogen-bond donors (Lipinski definition) is 0. The van der Waals surface area contributed by atoms with Crippen LogP contribution in [0.4, 0.5) is 0 Å².